The van der Waals surface area contributed by atoms with Crippen LogP contribution in [0.15, 0.2) is 18.2 Å². The van der Waals surface area contributed by atoms with E-state index in [1.54, 1.807) is 25.1 Å². The lowest BCUT2D eigenvalue weighted by atomic mass is 10.1. The molecule has 0 unspecified atom stereocenters. The van der Waals surface area contributed by atoms with E-state index in [2.05, 4.69) is 10.6 Å². The van der Waals surface area contributed by atoms with Gasteiger partial charge in [-0.1, -0.05) is 0 Å². The van der Waals surface area contributed by atoms with Gasteiger partial charge in [0.25, 0.3) is 5.91 Å². The number of aryl methyl sites for hydroxylation is 1. The van der Waals surface area contributed by atoms with Crippen LogP contribution in [0.1, 0.15) is 22.3 Å². The normalized spacial score (nSPS) is 19.0. The highest BCUT2D eigenvalue weighted by molar-refractivity contribution is 7.93. The van der Waals surface area contributed by atoms with Crippen LogP contribution in [0.3, 0.4) is 0 Å². The standard InChI is InChI=1S/C16H20N4O5S/c1-11-9-12(20-6-2-8-26(20,24)25)3-4-13(11)15(22)17-5-7-19-14(21)10-18-16(19)23/h3-4,9H,2,5-8,10H2,1H3,(H,17,22)(H,18,23). The van der Waals surface area contributed by atoms with Crippen molar-refractivity contribution in [2.24, 2.45) is 0 Å². The van der Waals surface area contributed by atoms with Crippen LogP contribution in [0.5, 0.6) is 0 Å². The molecule has 26 heavy (non-hydrogen) atoms. The monoisotopic (exact) mass is 380 g/mol. The van der Waals surface area contributed by atoms with Crippen molar-refractivity contribution in [3.05, 3.63) is 29.3 Å². The van der Waals surface area contributed by atoms with Crippen molar-refractivity contribution in [3.8, 4) is 0 Å². The first kappa shape index (κ1) is 18.2. The molecule has 140 valence electrons. The fraction of sp³-hybridized carbons (Fsp3) is 0.438. The van der Waals surface area contributed by atoms with E-state index >= 15 is 0 Å². The number of imide groups is 1. The Bertz CT molecular complexity index is 851. The summed E-state index contributed by atoms with van der Waals surface area (Å²) in [4.78, 5) is 36.3. The highest BCUT2D eigenvalue weighted by atomic mass is 32.2. The Morgan fingerprint density at radius 2 is 2.08 bits per heavy atom. The van der Waals surface area contributed by atoms with E-state index in [9.17, 15) is 22.8 Å². The quantitative estimate of drug-likeness (QED) is 0.688. The van der Waals surface area contributed by atoms with Crippen molar-refractivity contribution in [2.45, 2.75) is 13.3 Å². The van der Waals surface area contributed by atoms with Gasteiger partial charge in [-0.3, -0.25) is 18.8 Å². The minimum absolute atomic E-state index is 0.0211. The van der Waals surface area contributed by atoms with Crippen molar-refractivity contribution in [2.75, 3.05) is 36.2 Å². The van der Waals surface area contributed by atoms with E-state index in [-0.39, 0.29) is 37.2 Å². The average molecular weight is 380 g/mol. The van der Waals surface area contributed by atoms with Gasteiger partial charge < -0.3 is 10.6 Å². The van der Waals surface area contributed by atoms with Crippen molar-refractivity contribution in [1.82, 2.24) is 15.5 Å². The van der Waals surface area contributed by atoms with Gasteiger partial charge in [-0.05, 0) is 37.1 Å². The van der Waals surface area contributed by atoms with Crippen molar-refractivity contribution in [1.29, 1.82) is 0 Å². The topological polar surface area (TPSA) is 116 Å². The third kappa shape index (κ3) is 3.50. The molecule has 0 spiro atoms. The average Bonchev–Trinajstić information content (AvgIpc) is 3.09. The van der Waals surface area contributed by atoms with Gasteiger partial charge in [0.05, 0.1) is 18.0 Å². The van der Waals surface area contributed by atoms with Crippen LogP contribution in [0.4, 0.5) is 10.5 Å². The number of nitrogens with one attached hydrogen (secondary N) is 2. The molecule has 0 aromatic heterocycles. The molecule has 2 saturated heterocycles. The lowest BCUT2D eigenvalue weighted by Gasteiger charge is -2.18. The summed E-state index contributed by atoms with van der Waals surface area (Å²) in [7, 11) is -3.27. The van der Waals surface area contributed by atoms with Crippen molar-refractivity contribution in [3.63, 3.8) is 0 Å². The first-order valence-corrected chi connectivity index (χ1v) is 9.88. The van der Waals surface area contributed by atoms with Crippen LogP contribution in [-0.2, 0) is 14.8 Å². The Kier molecular flexibility index (Phi) is 4.86. The molecule has 1 aromatic rings. The Morgan fingerprint density at radius 1 is 1.31 bits per heavy atom. The second-order valence-corrected chi connectivity index (χ2v) is 8.21. The summed E-state index contributed by atoms with van der Waals surface area (Å²) in [6.07, 6.45) is 0.590. The number of carbonyl (C=O) groups is 3. The van der Waals surface area contributed by atoms with E-state index in [1.165, 1.54) is 4.31 Å². The summed E-state index contributed by atoms with van der Waals surface area (Å²) in [5.74, 6) is -0.529. The van der Waals surface area contributed by atoms with Gasteiger partial charge in [0, 0.05) is 25.2 Å². The molecule has 4 amide bonds. The minimum atomic E-state index is -3.27. The number of sulfonamides is 1. The van der Waals surface area contributed by atoms with E-state index < -0.39 is 16.1 Å². The molecule has 0 atom stereocenters. The predicted octanol–water partition coefficient (Wildman–Crippen LogP) is -0.183. The second-order valence-electron chi connectivity index (χ2n) is 6.20. The molecule has 2 aliphatic rings. The Hall–Kier alpha value is -2.62. The number of hydrogen-bond acceptors (Lipinski definition) is 5. The molecule has 0 radical (unpaired) electrons. The van der Waals surface area contributed by atoms with Crippen molar-refractivity contribution < 1.29 is 22.8 Å². The molecule has 9 nitrogen and oxygen atoms in total. The molecule has 1 aromatic carbocycles. The van der Waals surface area contributed by atoms with E-state index in [1.807, 2.05) is 0 Å². The van der Waals surface area contributed by atoms with E-state index in [0.717, 1.165) is 4.90 Å². The maximum absolute atomic E-state index is 12.3. The summed E-state index contributed by atoms with van der Waals surface area (Å²) < 4.78 is 25.3. The number of amides is 4. The van der Waals surface area contributed by atoms with E-state index in [4.69, 9.17) is 0 Å². The van der Waals surface area contributed by atoms with Gasteiger partial charge in [0.2, 0.25) is 15.9 Å². The van der Waals surface area contributed by atoms with Crippen LogP contribution in [0.2, 0.25) is 0 Å². The summed E-state index contributed by atoms with van der Waals surface area (Å²) in [5.41, 5.74) is 1.62. The molecule has 2 fully saturated rings. The first-order valence-electron chi connectivity index (χ1n) is 8.27. The van der Waals surface area contributed by atoms with Crippen LogP contribution >= 0.6 is 0 Å². The number of urea groups is 1. The number of nitrogens with zero attached hydrogens (tertiary/aromatic N) is 2. The Balaban J connectivity index is 1.63. The van der Waals surface area contributed by atoms with Gasteiger partial charge in [-0.25, -0.2) is 13.2 Å². The number of hydrogen-bond donors (Lipinski definition) is 2. The zero-order valence-electron chi connectivity index (χ0n) is 14.3. The molecule has 10 heteroatoms. The lowest BCUT2D eigenvalue weighted by Crippen LogP contribution is -2.38. The lowest BCUT2D eigenvalue weighted by molar-refractivity contribution is -0.124. The minimum Gasteiger partial charge on any atom is -0.350 e. The smallest absolute Gasteiger partial charge is 0.324 e. The molecule has 0 saturated carbocycles. The van der Waals surface area contributed by atoms with Gasteiger partial charge in [0.15, 0.2) is 0 Å². The molecule has 3 rings (SSSR count). The molecule has 0 aliphatic carbocycles. The van der Waals surface area contributed by atoms with Gasteiger partial charge in [-0.15, -0.1) is 0 Å². The first-order chi connectivity index (χ1) is 12.3. The highest BCUT2D eigenvalue weighted by Gasteiger charge is 2.29. The Labute approximate surface area is 151 Å². The van der Waals surface area contributed by atoms with Crippen LogP contribution in [0.25, 0.3) is 0 Å². The predicted molar refractivity (Wildman–Crippen MR) is 94.4 cm³/mol. The number of anilines is 1. The zero-order valence-corrected chi connectivity index (χ0v) is 15.1. The fourth-order valence-corrected chi connectivity index (χ4v) is 4.60. The van der Waals surface area contributed by atoms with Crippen LogP contribution in [-0.4, -0.2) is 63.1 Å². The molecule has 2 heterocycles. The highest BCUT2D eigenvalue weighted by Crippen LogP contribution is 2.26. The summed E-state index contributed by atoms with van der Waals surface area (Å²) in [5, 5.41) is 5.08. The van der Waals surface area contributed by atoms with Crippen LogP contribution in [0, 0.1) is 6.92 Å². The van der Waals surface area contributed by atoms with Gasteiger partial charge in [-0.2, -0.15) is 0 Å². The SMILES string of the molecule is Cc1cc(N2CCCS2(=O)=O)ccc1C(=O)NCCN1C(=O)CNC1=O. The van der Waals surface area contributed by atoms with E-state index in [0.29, 0.717) is 29.8 Å². The molecule has 2 N–H and O–H groups in total. The zero-order chi connectivity index (χ0) is 18.9. The number of rotatable bonds is 5. The number of carbonyl (C=O) groups excluding carboxylic acids is 3. The summed E-state index contributed by atoms with van der Waals surface area (Å²) in [6, 6.07) is 4.41. The molecular formula is C16H20N4O5S. The third-order valence-electron chi connectivity index (χ3n) is 4.40. The maximum atomic E-state index is 12.3. The molecular weight excluding hydrogens is 360 g/mol. The largest absolute Gasteiger partial charge is 0.350 e. The third-order valence-corrected chi connectivity index (χ3v) is 6.27. The summed E-state index contributed by atoms with van der Waals surface area (Å²) in [6.45, 7) is 2.39. The fourth-order valence-electron chi connectivity index (χ4n) is 3.05. The maximum Gasteiger partial charge on any atom is 0.324 e. The number of benzene rings is 1. The molecule has 0 bridgehead atoms. The van der Waals surface area contributed by atoms with Gasteiger partial charge in [0.1, 0.15) is 0 Å². The summed E-state index contributed by atoms with van der Waals surface area (Å²) >= 11 is 0. The van der Waals surface area contributed by atoms with Crippen molar-refractivity contribution >= 4 is 33.6 Å². The molecule has 2 aliphatic heterocycles. The Morgan fingerprint density at radius 3 is 2.65 bits per heavy atom. The van der Waals surface area contributed by atoms with Gasteiger partial charge >= 0.3 is 6.03 Å². The second kappa shape index (κ2) is 6.94. The van der Waals surface area contributed by atoms with Crippen LogP contribution < -0.4 is 14.9 Å².